The molecule has 0 saturated carbocycles. The molecular formula is C14H11N3O3. The Bertz CT molecular complexity index is 610. The van der Waals surface area contributed by atoms with Crippen LogP contribution in [0.15, 0.2) is 24.3 Å². The van der Waals surface area contributed by atoms with Crippen LogP contribution in [0.1, 0.15) is 5.56 Å². The van der Waals surface area contributed by atoms with Crippen LogP contribution in [0.25, 0.3) is 6.08 Å². The van der Waals surface area contributed by atoms with Crippen molar-refractivity contribution in [2.45, 2.75) is 0 Å². The normalized spacial score (nSPS) is 11.9. The van der Waals surface area contributed by atoms with Gasteiger partial charge in [0.25, 0.3) is 0 Å². The molecule has 1 aromatic carbocycles. The fourth-order valence-corrected chi connectivity index (χ4v) is 1.67. The zero-order valence-corrected chi connectivity index (χ0v) is 10.6. The van der Waals surface area contributed by atoms with Gasteiger partial charge in [0.05, 0.1) is 12.1 Å². The molecule has 2 rings (SSSR count). The lowest BCUT2D eigenvalue weighted by atomic mass is 10.2. The topological polar surface area (TPSA) is 86.4 Å². The Morgan fingerprint density at radius 3 is 2.65 bits per heavy atom. The number of carbonyl (C=O) groups is 1. The second-order valence-corrected chi connectivity index (χ2v) is 3.96. The molecule has 1 heterocycles. The second kappa shape index (κ2) is 6.26. The van der Waals surface area contributed by atoms with E-state index in [2.05, 4.69) is 0 Å². The van der Waals surface area contributed by atoms with Crippen LogP contribution in [-0.2, 0) is 4.79 Å². The third kappa shape index (κ3) is 3.06. The van der Waals surface area contributed by atoms with Crippen molar-refractivity contribution in [3.8, 4) is 23.6 Å². The van der Waals surface area contributed by atoms with E-state index in [4.69, 9.17) is 20.0 Å². The summed E-state index contributed by atoms with van der Waals surface area (Å²) in [6.45, 7) is -0.0324. The van der Waals surface area contributed by atoms with E-state index in [0.717, 1.165) is 10.5 Å². The second-order valence-electron chi connectivity index (χ2n) is 3.96. The summed E-state index contributed by atoms with van der Waals surface area (Å²) in [6.07, 6.45) is 2.93. The first kappa shape index (κ1) is 13.4. The van der Waals surface area contributed by atoms with E-state index in [0.29, 0.717) is 11.5 Å². The molecule has 6 heteroatoms. The van der Waals surface area contributed by atoms with Gasteiger partial charge in [-0.3, -0.25) is 4.79 Å². The third-order valence-electron chi connectivity index (χ3n) is 2.65. The van der Waals surface area contributed by atoms with Gasteiger partial charge < -0.3 is 14.4 Å². The molecule has 0 aromatic heterocycles. The van der Waals surface area contributed by atoms with Crippen LogP contribution in [0.2, 0.25) is 0 Å². The van der Waals surface area contributed by atoms with E-state index < -0.39 is 0 Å². The first-order chi connectivity index (χ1) is 9.74. The minimum atomic E-state index is -0.384. The smallest absolute Gasteiger partial charge is 0.248 e. The van der Waals surface area contributed by atoms with E-state index in [-0.39, 0.29) is 25.8 Å². The Morgan fingerprint density at radius 2 is 1.95 bits per heavy atom. The first-order valence-electron chi connectivity index (χ1n) is 5.85. The number of ether oxygens (including phenoxy) is 2. The number of carbonyl (C=O) groups excluding carboxylic acids is 1. The van der Waals surface area contributed by atoms with Gasteiger partial charge in [0, 0.05) is 6.08 Å². The Hall–Kier alpha value is -2.99. The quantitative estimate of drug-likeness (QED) is 0.607. The summed E-state index contributed by atoms with van der Waals surface area (Å²) in [7, 11) is 0. The molecule has 0 N–H and O–H groups in total. The van der Waals surface area contributed by atoms with E-state index in [1.165, 1.54) is 6.08 Å². The maximum atomic E-state index is 11.8. The first-order valence-corrected chi connectivity index (χ1v) is 5.85. The van der Waals surface area contributed by atoms with E-state index in [9.17, 15) is 4.79 Å². The monoisotopic (exact) mass is 269 g/mol. The van der Waals surface area contributed by atoms with Crippen molar-refractivity contribution in [3.63, 3.8) is 0 Å². The average molecular weight is 269 g/mol. The largest absolute Gasteiger partial charge is 0.454 e. The fraction of sp³-hybridized carbons (Fsp3) is 0.214. The van der Waals surface area contributed by atoms with Crippen LogP contribution in [-0.4, -0.2) is 30.7 Å². The molecule has 6 nitrogen and oxygen atoms in total. The van der Waals surface area contributed by atoms with Crippen LogP contribution in [0, 0.1) is 22.7 Å². The predicted molar refractivity (Wildman–Crippen MR) is 69.4 cm³/mol. The summed E-state index contributed by atoms with van der Waals surface area (Å²) < 4.78 is 10.4. The van der Waals surface area contributed by atoms with Crippen molar-refractivity contribution in [3.05, 3.63) is 29.8 Å². The molecule has 1 aliphatic rings. The summed E-state index contributed by atoms with van der Waals surface area (Å²) in [5, 5.41) is 17.2. The zero-order chi connectivity index (χ0) is 14.4. The lowest BCUT2D eigenvalue weighted by Crippen LogP contribution is -2.30. The van der Waals surface area contributed by atoms with Gasteiger partial charge in [0.15, 0.2) is 11.5 Å². The Morgan fingerprint density at radius 1 is 1.25 bits per heavy atom. The molecule has 20 heavy (non-hydrogen) atoms. The highest BCUT2D eigenvalue weighted by atomic mass is 16.7. The minimum Gasteiger partial charge on any atom is -0.454 e. The highest BCUT2D eigenvalue weighted by Crippen LogP contribution is 2.32. The molecule has 0 bridgehead atoms. The predicted octanol–water partition coefficient (Wildman–Crippen LogP) is 1.30. The molecule has 1 aromatic rings. The lowest BCUT2D eigenvalue weighted by Gasteiger charge is -2.12. The molecule has 0 fully saturated rings. The highest BCUT2D eigenvalue weighted by Gasteiger charge is 2.13. The number of benzene rings is 1. The number of hydrogen-bond acceptors (Lipinski definition) is 5. The maximum absolute atomic E-state index is 11.8. The molecule has 0 radical (unpaired) electrons. The molecule has 1 aliphatic heterocycles. The summed E-state index contributed by atoms with van der Waals surface area (Å²) in [5.41, 5.74) is 0.775. The van der Waals surface area contributed by atoms with Crippen molar-refractivity contribution in [1.29, 1.82) is 10.5 Å². The standard InChI is InChI=1S/C14H11N3O3/c15-5-7-17(8-6-16)14(18)4-2-11-1-3-12-13(9-11)20-10-19-12/h1-4,9H,7-8,10H2/b4-2+. The number of nitriles is 2. The molecule has 0 atom stereocenters. The van der Waals surface area contributed by atoms with Gasteiger partial charge in [-0.25, -0.2) is 0 Å². The molecule has 100 valence electrons. The number of rotatable bonds is 4. The van der Waals surface area contributed by atoms with Gasteiger partial charge in [0.2, 0.25) is 12.7 Å². The molecule has 0 saturated heterocycles. The van der Waals surface area contributed by atoms with Gasteiger partial charge in [-0.2, -0.15) is 10.5 Å². The van der Waals surface area contributed by atoms with Crippen LogP contribution >= 0.6 is 0 Å². The lowest BCUT2D eigenvalue weighted by molar-refractivity contribution is -0.124. The molecule has 0 spiro atoms. The molecule has 0 aliphatic carbocycles. The number of hydrogen-bond donors (Lipinski definition) is 0. The molecular weight excluding hydrogens is 258 g/mol. The summed E-state index contributed by atoms with van der Waals surface area (Å²) in [4.78, 5) is 13.0. The maximum Gasteiger partial charge on any atom is 0.248 e. The van der Waals surface area contributed by atoms with E-state index >= 15 is 0 Å². The van der Waals surface area contributed by atoms with Crippen LogP contribution in [0.4, 0.5) is 0 Å². The molecule has 1 amide bonds. The van der Waals surface area contributed by atoms with Crippen molar-refractivity contribution in [1.82, 2.24) is 4.90 Å². The Kier molecular flexibility index (Phi) is 4.21. The van der Waals surface area contributed by atoms with E-state index in [1.54, 1.807) is 24.3 Å². The van der Waals surface area contributed by atoms with Crippen LogP contribution in [0.3, 0.4) is 0 Å². The Balaban J connectivity index is 2.07. The van der Waals surface area contributed by atoms with Gasteiger partial charge in [0.1, 0.15) is 13.1 Å². The summed E-state index contributed by atoms with van der Waals surface area (Å²) in [6, 6.07) is 9.00. The van der Waals surface area contributed by atoms with Gasteiger partial charge in [-0.15, -0.1) is 0 Å². The van der Waals surface area contributed by atoms with Crippen LogP contribution < -0.4 is 9.47 Å². The SMILES string of the molecule is N#CCN(CC#N)C(=O)/C=C/c1ccc2c(c1)OCO2. The zero-order valence-electron chi connectivity index (χ0n) is 10.6. The van der Waals surface area contributed by atoms with Crippen molar-refractivity contribution >= 4 is 12.0 Å². The van der Waals surface area contributed by atoms with Crippen molar-refractivity contribution < 1.29 is 14.3 Å². The summed E-state index contributed by atoms with van der Waals surface area (Å²) in [5.74, 6) is 0.917. The third-order valence-corrected chi connectivity index (χ3v) is 2.65. The number of nitrogens with zero attached hydrogens (tertiary/aromatic N) is 3. The highest BCUT2D eigenvalue weighted by molar-refractivity contribution is 5.92. The minimum absolute atomic E-state index is 0.113. The van der Waals surface area contributed by atoms with E-state index in [1.807, 2.05) is 12.1 Å². The number of fused-ring (bicyclic) bond motifs is 1. The Labute approximate surface area is 116 Å². The van der Waals surface area contributed by atoms with Gasteiger partial charge in [-0.05, 0) is 23.8 Å². The van der Waals surface area contributed by atoms with Crippen molar-refractivity contribution in [2.24, 2.45) is 0 Å². The summed E-state index contributed by atoms with van der Waals surface area (Å²) >= 11 is 0. The van der Waals surface area contributed by atoms with Crippen molar-refractivity contribution in [2.75, 3.05) is 19.9 Å². The number of amides is 1. The van der Waals surface area contributed by atoms with Gasteiger partial charge >= 0.3 is 0 Å². The van der Waals surface area contributed by atoms with Gasteiger partial charge in [-0.1, -0.05) is 6.07 Å². The van der Waals surface area contributed by atoms with Crippen LogP contribution in [0.5, 0.6) is 11.5 Å². The average Bonchev–Trinajstić information content (AvgIpc) is 2.92. The fourth-order valence-electron chi connectivity index (χ4n) is 1.67. The molecule has 0 unspecified atom stereocenters.